The molecule has 0 radical (unpaired) electrons. The zero-order valence-electron chi connectivity index (χ0n) is 13.6. The molecule has 0 bridgehead atoms. The van der Waals surface area contributed by atoms with Gasteiger partial charge in [0.2, 0.25) is 5.78 Å². The maximum atomic E-state index is 12.4. The third-order valence-corrected chi connectivity index (χ3v) is 4.18. The second kappa shape index (κ2) is 5.99. The first-order valence-corrected chi connectivity index (χ1v) is 7.79. The minimum atomic E-state index is -0.526. The molecule has 23 heavy (non-hydrogen) atoms. The van der Waals surface area contributed by atoms with Gasteiger partial charge in [0.1, 0.15) is 0 Å². The Morgan fingerprint density at radius 1 is 1.26 bits per heavy atom. The molecule has 1 saturated carbocycles. The van der Waals surface area contributed by atoms with Gasteiger partial charge in [-0.2, -0.15) is 0 Å². The van der Waals surface area contributed by atoms with E-state index in [-0.39, 0.29) is 12.4 Å². The molecule has 0 N–H and O–H groups in total. The number of aryl methyl sites for hydroxylation is 2. The molecule has 0 saturated heterocycles. The minimum absolute atomic E-state index is 0.168. The number of aromatic nitrogens is 2. The maximum absolute atomic E-state index is 12.4. The lowest BCUT2D eigenvalue weighted by atomic mass is 10.1. The van der Waals surface area contributed by atoms with E-state index in [0.29, 0.717) is 17.2 Å². The van der Waals surface area contributed by atoms with Crippen molar-refractivity contribution < 1.29 is 14.3 Å². The molecular formula is C18H20N2O3. The van der Waals surface area contributed by atoms with Crippen molar-refractivity contribution in [1.82, 2.24) is 9.55 Å². The quantitative estimate of drug-likeness (QED) is 0.628. The Morgan fingerprint density at radius 2 is 2.00 bits per heavy atom. The van der Waals surface area contributed by atoms with Crippen molar-refractivity contribution in [3.8, 4) is 0 Å². The molecule has 2 heterocycles. The predicted molar refractivity (Wildman–Crippen MR) is 85.8 cm³/mol. The molecule has 0 amide bonds. The van der Waals surface area contributed by atoms with Crippen molar-refractivity contribution in [2.75, 3.05) is 6.61 Å². The number of carbonyl (C=O) groups is 2. The lowest BCUT2D eigenvalue weighted by molar-refractivity contribution is 0.0474. The van der Waals surface area contributed by atoms with Gasteiger partial charge < -0.3 is 9.30 Å². The molecule has 120 valence electrons. The van der Waals surface area contributed by atoms with E-state index in [1.54, 1.807) is 12.1 Å². The molecule has 1 aliphatic carbocycles. The van der Waals surface area contributed by atoms with Gasteiger partial charge in [-0.05, 0) is 51.8 Å². The van der Waals surface area contributed by atoms with Gasteiger partial charge in [-0.25, -0.2) is 4.79 Å². The van der Waals surface area contributed by atoms with E-state index in [0.717, 1.165) is 17.1 Å². The number of rotatable bonds is 5. The summed E-state index contributed by atoms with van der Waals surface area (Å²) in [6.45, 7) is 5.55. The lowest BCUT2D eigenvalue weighted by Crippen LogP contribution is -2.15. The zero-order valence-corrected chi connectivity index (χ0v) is 13.6. The molecular weight excluding hydrogens is 292 g/mol. The van der Waals surface area contributed by atoms with Crippen LogP contribution in [0.5, 0.6) is 0 Å². The summed E-state index contributed by atoms with van der Waals surface area (Å²) >= 11 is 0. The fourth-order valence-electron chi connectivity index (χ4n) is 2.83. The van der Waals surface area contributed by atoms with Crippen LogP contribution >= 0.6 is 0 Å². The van der Waals surface area contributed by atoms with Gasteiger partial charge in [0.25, 0.3) is 0 Å². The molecule has 0 atom stereocenters. The highest BCUT2D eigenvalue weighted by Gasteiger charge is 2.28. The average Bonchev–Trinajstić information content (AvgIpc) is 3.31. The van der Waals surface area contributed by atoms with Crippen molar-refractivity contribution in [2.45, 2.75) is 39.7 Å². The number of carbonyl (C=O) groups excluding carboxylic acids is 2. The minimum Gasteiger partial charge on any atom is -0.454 e. The van der Waals surface area contributed by atoms with E-state index >= 15 is 0 Å². The highest BCUT2D eigenvalue weighted by molar-refractivity contribution is 6.00. The second-order valence-electron chi connectivity index (χ2n) is 6.07. The standard InChI is InChI=1S/C18H20N2O3/c1-11-4-5-14(9-19-11)18(22)23-10-17(21)16-8-12(2)20(13(16)3)15-6-7-15/h4-5,8-9,15H,6-7,10H2,1-3H3. The fraction of sp³-hybridized carbons (Fsp3) is 0.389. The van der Waals surface area contributed by atoms with Gasteiger partial charge in [-0.3, -0.25) is 9.78 Å². The summed E-state index contributed by atoms with van der Waals surface area (Å²) < 4.78 is 7.33. The first-order chi connectivity index (χ1) is 11.0. The smallest absolute Gasteiger partial charge is 0.340 e. The number of pyridine rings is 1. The second-order valence-corrected chi connectivity index (χ2v) is 6.07. The van der Waals surface area contributed by atoms with Crippen molar-refractivity contribution in [3.05, 3.63) is 52.6 Å². The molecule has 1 aliphatic rings. The first kappa shape index (κ1) is 15.5. The highest BCUT2D eigenvalue weighted by atomic mass is 16.5. The van der Waals surface area contributed by atoms with Crippen LogP contribution in [0.4, 0.5) is 0 Å². The van der Waals surface area contributed by atoms with Gasteiger partial charge >= 0.3 is 5.97 Å². The van der Waals surface area contributed by atoms with Crippen molar-refractivity contribution in [3.63, 3.8) is 0 Å². The molecule has 2 aromatic heterocycles. The van der Waals surface area contributed by atoms with Crippen molar-refractivity contribution >= 4 is 11.8 Å². The van der Waals surface area contributed by atoms with E-state index in [2.05, 4.69) is 9.55 Å². The number of ether oxygens (including phenoxy) is 1. The van der Waals surface area contributed by atoms with Crippen LogP contribution in [0.3, 0.4) is 0 Å². The summed E-state index contributed by atoms with van der Waals surface area (Å²) in [7, 11) is 0. The SMILES string of the molecule is Cc1ccc(C(=O)OCC(=O)c2cc(C)n(C3CC3)c2C)cn1. The summed E-state index contributed by atoms with van der Waals surface area (Å²) in [6.07, 6.45) is 3.79. The Morgan fingerprint density at radius 3 is 2.61 bits per heavy atom. The molecule has 1 fully saturated rings. The van der Waals surface area contributed by atoms with Crippen molar-refractivity contribution in [1.29, 1.82) is 0 Å². The monoisotopic (exact) mass is 312 g/mol. The zero-order chi connectivity index (χ0) is 16.6. The number of esters is 1. The topological polar surface area (TPSA) is 61.2 Å². The summed E-state index contributed by atoms with van der Waals surface area (Å²) in [4.78, 5) is 28.4. The lowest BCUT2D eigenvalue weighted by Gasteiger charge is -2.08. The van der Waals surface area contributed by atoms with Gasteiger partial charge in [-0.1, -0.05) is 0 Å². The molecule has 0 aromatic carbocycles. The predicted octanol–water partition coefficient (Wildman–Crippen LogP) is 3.18. The van der Waals surface area contributed by atoms with Gasteiger partial charge in [0.05, 0.1) is 5.56 Å². The summed E-state index contributed by atoms with van der Waals surface area (Å²) in [5.41, 5.74) is 3.87. The normalized spacial score (nSPS) is 13.9. The third-order valence-electron chi connectivity index (χ3n) is 4.18. The average molecular weight is 312 g/mol. The molecule has 5 heteroatoms. The molecule has 5 nitrogen and oxygen atoms in total. The molecule has 2 aromatic rings. The van der Waals surface area contributed by atoms with Gasteiger partial charge in [0.15, 0.2) is 6.61 Å². The van der Waals surface area contributed by atoms with Crippen LogP contribution in [0.1, 0.15) is 56.7 Å². The molecule has 0 spiro atoms. The number of nitrogens with zero attached hydrogens (tertiary/aromatic N) is 2. The Bertz CT molecular complexity index is 755. The molecule has 0 aliphatic heterocycles. The van der Waals surface area contributed by atoms with E-state index in [4.69, 9.17) is 4.74 Å². The Balaban J connectivity index is 1.66. The number of hydrogen-bond donors (Lipinski definition) is 0. The van der Waals surface area contributed by atoms with E-state index in [1.807, 2.05) is 26.8 Å². The van der Waals surface area contributed by atoms with E-state index in [9.17, 15) is 9.59 Å². The summed E-state index contributed by atoms with van der Waals surface area (Å²) in [5, 5.41) is 0. The molecule has 0 unspecified atom stereocenters. The van der Waals surface area contributed by atoms with Crippen LogP contribution in [0, 0.1) is 20.8 Å². The number of ketones is 1. The van der Waals surface area contributed by atoms with E-state index in [1.165, 1.54) is 19.0 Å². The van der Waals surface area contributed by atoms with Crippen LogP contribution in [0.15, 0.2) is 24.4 Å². The fourth-order valence-corrected chi connectivity index (χ4v) is 2.83. The van der Waals surface area contributed by atoms with Crippen LogP contribution in [0.2, 0.25) is 0 Å². The number of hydrogen-bond acceptors (Lipinski definition) is 4. The van der Waals surface area contributed by atoms with Crippen LogP contribution < -0.4 is 0 Å². The third kappa shape index (κ3) is 3.18. The van der Waals surface area contributed by atoms with Crippen LogP contribution in [0.25, 0.3) is 0 Å². The molecule has 3 rings (SSSR count). The highest BCUT2D eigenvalue weighted by Crippen LogP contribution is 2.38. The van der Waals surface area contributed by atoms with E-state index < -0.39 is 5.97 Å². The Kier molecular flexibility index (Phi) is 4.03. The Hall–Kier alpha value is -2.43. The first-order valence-electron chi connectivity index (χ1n) is 7.79. The van der Waals surface area contributed by atoms with Gasteiger partial charge in [-0.15, -0.1) is 0 Å². The Labute approximate surface area is 135 Å². The maximum Gasteiger partial charge on any atom is 0.340 e. The van der Waals surface area contributed by atoms with Crippen LogP contribution in [-0.4, -0.2) is 27.9 Å². The largest absolute Gasteiger partial charge is 0.454 e. The van der Waals surface area contributed by atoms with Crippen molar-refractivity contribution in [2.24, 2.45) is 0 Å². The summed E-state index contributed by atoms with van der Waals surface area (Å²) in [5.74, 6) is -0.694. The summed E-state index contributed by atoms with van der Waals surface area (Å²) in [6, 6.07) is 5.80. The van der Waals surface area contributed by atoms with Gasteiger partial charge in [0, 0.05) is 34.9 Å². The number of Topliss-reactive ketones (excluding diaryl/α,β-unsaturated/α-hetero) is 1. The van der Waals surface area contributed by atoms with Crippen LogP contribution in [-0.2, 0) is 4.74 Å².